The number of anilines is 1. The van der Waals surface area contributed by atoms with E-state index in [1.54, 1.807) is 56.1 Å². The zero-order valence-corrected chi connectivity index (χ0v) is 26.1. The van der Waals surface area contributed by atoms with Crippen LogP contribution in [-0.2, 0) is 19.1 Å². The molecule has 2 aromatic carbocycles. The number of ether oxygens (including phenoxy) is 4. The first kappa shape index (κ1) is 29.0. The number of amides is 2. The summed E-state index contributed by atoms with van der Waals surface area (Å²) in [5.74, 6) is -0.115. The molecule has 12 heteroatoms. The number of nitrogens with one attached hydrogen (secondary N) is 1. The van der Waals surface area contributed by atoms with Crippen LogP contribution in [0.15, 0.2) is 52.3 Å². The number of thioether (sulfide) groups is 1. The van der Waals surface area contributed by atoms with Crippen molar-refractivity contribution in [2.45, 2.75) is 36.5 Å². The zero-order valence-electron chi connectivity index (χ0n) is 24.4. The van der Waals surface area contributed by atoms with E-state index >= 15 is 0 Å². The molecule has 44 heavy (non-hydrogen) atoms. The largest absolute Gasteiger partial charge is 0.497 e. The summed E-state index contributed by atoms with van der Waals surface area (Å²) in [6, 6.07) is 12.7. The van der Waals surface area contributed by atoms with Gasteiger partial charge in [-0.3, -0.25) is 19.3 Å². The van der Waals surface area contributed by atoms with E-state index in [1.165, 1.54) is 16.2 Å². The van der Waals surface area contributed by atoms with Crippen molar-refractivity contribution in [3.05, 3.63) is 62.6 Å². The Morgan fingerprint density at radius 1 is 0.955 bits per heavy atom. The molecule has 10 nitrogen and oxygen atoms in total. The second-order valence-corrected chi connectivity index (χ2v) is 13.6. The molecule has 1 saturated heterocycles. The van der Waals surface area contributed by atoms with E-state index in [2.05, 4.69) is 4.98 Å². The topological polar surface area (TPSA) is 124 Å². The van der Waals surface area contributed by atoms with Crippen molar-refractivity contribution in [3.8, 4) is 17.2 Å². The quantitative estimate of drug-likeness (QED) is 0.268. The number of esters is 1. The van der Waals surface area contributed by atoms with Crippen LogP contribution in [0.25, 0.3) is 0 Å². The minimum atomic E-state index is -0.469. The lowest BCUT2D eigenvalue weighted by Gasteiger charge is -2.43. The number of thiazole rings is 1. The molecule has 2 amide bonds. The number of carbonyl (C=O) groups excluding carboxylic acids is 3. The Balaban J connectivity index is 1.25. The summed E-state index contributed by atoms with van der Waals surface area (Å²) in [4.78, 5) is 57.7. The highest BCUT2D eigenvalue weighted by Crippen LogP contribution is 2.68. The van der Waals surface area contributed by atoms with Gasteiger partial charge in [-0.25, -0.2) is 4.79 Å². The van der Waals surface area contributed by atoms with Gasteiger partial charge in [0.15, 0.2) is 18.1 Å². The fourth-order valence-corrected chi connectivity index (χ4v) is 10.7. The Morgan fingerprint density at radius 3 is 2.41 bits per heavy atom. The van der Waals surface area contributed by atoms with Crippen LogP contribution in [0, 0.1) is 29.6 Å². The molecule has 3 fully saturated rings. The fourth-order valence-electron chi connectivity index (χ4n) is 7.82. The molecule has 4 aliphatic rings. The number of hydrogen-bond donors (Lipinski definition) is 1. The highest BCUT2D eigenvalue weighted by molar-refractivity contribution is 8.00. The third-order valence-corrected chi connectivity index (χ3v) is 11.9. The van der Waals surface area contributed by atoms with Gasteiger partial charge in [-0.2, -0.15) is 0 Å². The number of hydrogen-bond acceptors (Lipinski definition) is 10. The van der Waals surface area contributed by atoms with Crippen molar-refractivity contribution in [1.29, 1.82) is 0 Å². The van der Waals surface area contributed by atoms with Crippen molar-refractivity contribution in [2.75, 3.05) is 31.8 Å². The Labute approximate surface area is 262 Å². The number of methoxy groups -OCH3 is 1. The summed E-state index contributed by atoms with van der Waals surface area (Å²) >= 11 is 2.85. The molecule has 2 aliphatic carbocycles. The third-order valence-electron chi connectivity index (χ3n) is 9.33. The summed E-state index contributed by atoms with van der Waals surface area (Å²) in [7, 11) is 1.58. The second-order valence-electron chi connectivity index (χ2n) is 11.4. The summed E-state index contributed by atoms with van der Waals surface area (Å²) < 4.78 is 22.0. The van der Waals surface area contributed by atoms with Gasteiger partial charge in [0.05, 0.1) is 42.9 Å². The normalized spacial score (nSPS) is 28.0. The van der Waals surface area contributed by atoms with Gasteiger partial charge in [0.1, 0.15) is 5.75 Å². The predicted molar refractivity (Wildman–Crippen MR) is 164 cm³/mol. The molecule has 0 unspecified atom stereocenters. The maximum atomic E-state index is 14.0. The number of nitrogens with zero attached hydrogens (tertiary/aromatic N) is 1. The Hall–Kier alpha value is -3.77. The first-order valence-electron chi connectivity index (χ1n) is 14.8. The van der Waals surface area contributed by atoms with Gasteiger partial charge < -0.3 is 23.9 Å². The SMILES string of the molecule is CCOC(=O)COc1ccc([C@@H]2c3sc(=O)[nH]c3S[C@@H]3[C@@H]4C[C@@H]([C@@H]5C(=O)N(c6ccc(OC)cc6)C(=O)[C@@H]45)[C@H]23)cc1OCC. The van der Waals surface area contributed by atoms with Crippen LogP contribution in [0.2, 0.25) is 0 Å². The summed E-state index contributed by atoms with van der Waals surface area (Å²) in [5.41, 5.74) is 1.50. The van der Waals surface area contributed by atoms with Gasteiger partial charge >= 0.3 is 10.8 Å². The van der Waals surface area contributed by atoms with Crippen LogP contribution in [0.4, 0.5) is 5.69 Å². The molecule has 3 heterocycles. The highest BCUT2D eigenvalue weighted by Gasteiger charge is 2.69. The summed E-state index contributed by atoms with van der Waals surface area (Å²) in [5, 5.41) is 0.895. The average Bonchev–Trinajstić information content (AvgIpc) is 3.75. The second kappa shape index (κ2) is 11.3. The molecular formula is C32H32N2O8S2. The van der Waals surface area contributed by atoms with Crippen molar-refractivity contribution < 1.29 is 33.3 Å². The molecule has 7 rings (SSSR count). The Kier molecular flexibility index (Phi) is 7.44. The highest BCUT2D eigenvalue weighted by atomic mass is 32.2. The van der Waals surface area contributed by atoms with E-state index in [4.69, 9.17) is 18.9 Å². The van der Waals surface area contributed by atoms with Gasteiger partial charge in [0.2, 0.25) is 11.8 Å². The molecule has 1 aromatic heterocycles. The van der Waals surface area contributed by atoms with Crippen LogP contribution in [-0.4, -0.2) is 54.9 Å². The van der Waals surface area contributed by atoms with E-state index in [-0.39, 0.29) is 64.7 Å². The van der Waals surface area contributed by atoms with E-state index in [0.717, 1.165) is 21.9 Å². The number of benzene rings is 2. The van der Waals surface area contributed by atoms with E-state index in [1.807, 2.05) is 19.1 Å². The van der Waals surface area contributed by atoms with E-state index in [0.29, 0.717) is 29.5 Å². The van der Waals surface area contributed by atoms with Crippen molar-refractivity contribution >= 4 is 46.6 Å². The average molecular weight is 637 g/mol. The van der Waals surface area contributed by atoms with Gasteiger partial charge in [0, 0.05) is 16.0 Å². The lowest BCUT2D eigenvalue weighted by atomic mass is 9.68. The van der Waals surface area contributed by atoms with E-state index < -0.39 is 11.9 Å². The number of aromatic nitrogens is 1. The van der Waals surface area contributed by atoms with Crippen molar-refractivity contribution in [2.24, 2.45) is 29.6 Å². The fraction of sp³-hybridized carbons (Fsp3) is 0.438. The molecule has 7 atom stereocenters. The number of aromatic amines is 1. The summed E-state index contributed by atoms with van der Waals surface area (Å²) in [6.45, 7) is 4.02. The molecule has 0 spiro atoms. The lowest BCUT2D eigenvalue weighted by Crippen LogP contribution is -2.42. The molecular weight excluding hydrogens is 604 g/mol. The molecule has 2 bridgehead atoms. The summed E-state index contributed by atoms with van der Waals surface area (Å²) in [6.07, 6.45) is 0.792. The number of rotatable bonds is 9. The zero-order chi connectivity index (χ0) is 30.7. The lowest BCUT2D eigenvalue weighted by molar-refractivity contribution is -0.145. The minimum Gasteiger partial charge on any atom is -0.497 e. The predicted octanol–water partition coefficient (Wildman–Crippen LogP) is 4.46. The van der Waals surface area contributed by atoms with Crippen LogP contribution < -0.4 is 24.0 Å². The maximum Gasteiger partial charge on any atom is 0.344 e. The number of carbonyl (C=O) groups is 3. The first-order valence-corrected chi connectivity index (χ1v) is 16.5. The van der Waals surface area contributed by atoms with Gasteiger partial charge in [-0.1, -0.05) is 17.4 Å². The monoisotopic (exact) mass is 636 g/mol. The van der Waals surface area contributed by atoms with Crippen LogP contribution in [0.3, 0.4) is 0 Å². The van der Waals surface area contributed by atoms with Crippen LogP contribution in [0.5, 0.6) is 17.2 Å². The maximum absolute atomic E-state index is 14.0. The smallest absolute Gasteiger partial charge is 0.344 e. The van der Waals surface area contributed by atoms with Gasteiger partial charge in [-0.15, -0.1) is 11.8 Å². The standard InChI is InChI=1S/C32H32N2O8S2/c1-4-40-21-12-15(6-11-20(21)42-14-22(35)41-5-2)23-24-18-13-19(27(24)43-29-28(23)44-32(38)33-29)26-25(18)30(36)34(31(26)37)16-7-9-17(39-3)10-8-16/h6-12,18-19,23-27H,4-5,13-14H2,1-3H3,(H,33,38)/t18-,19-,23+,24-,25+,26+,27-/m1/s1. The van der Waals surface area contributed by atoms with Crippen LogP contribution >= 0.6 is 23.1 Å². The molecule has 0 radical (unpaired) electrons. The third kappa shape index (κ3) is 4.52. The van der Waals surface area contributed by atoms with Crippen molar-refractivity contribution in [3.63, 3.8) is 0 Å². The molecule has 2 saturated carbocycles. The molecule has 1 N–H and O–H groups in total. The molecule has 2 aliphatic heterocycles. The van der Waals surface area contributed by atoms with E-state index in [9.17, 15) is 19.2 Å². The minimum absolute atomic E-state index is 0.0114. The Morgan fingerprint density at radius 2 is 1.70 bits per heavy atom. The Bertz CT molecular complexity index is 1680. The molecule has 230 valence electrons. The first-order chi connectivity index (χ1) is 21.3. The number of fused-ring (bicyclic) bond motifs is 9. The molecule has 3 aromatic rings. The van der Waals surface area contributed by atoms with Crippen LogP contribution in [0.1, 0.15) is 36.6 Å². The number of H-pyrrole nitrogens is 1. The van der Waals surface area contributed by atoms with Crippen molar-refractivity contribution in [1.82, 2.24) is 4.98 Å². The van der Waals surface area contributed by atoms with Gasteiger partial charge in [-0.05, 0) is 80.0 Å². The van der Waals surface area contributed by atoms with Gasteiger partial charge in [0.25, 0.3) is 0 Å². The number of imide groups is 1.